The Balaban J connectivity index is 1.33. The van der Waals surface area contributed by atoms with Gasteiger partial charge >= 0.3 is 6.03 Å². The van der Waals surface area contributed by atoms with E-state index in [0.29, 0.717) is 35.9 Å². The summed E-state index contributed by atoms with van der Waals surface area (Å²) in [5.41, 5.74) is 6.80. The number of pyridine rings is 1. The third kappa shape index (κ3) is 2.84. The first-order valence-electron chi connectivity index (χ1n) is 9.49. The fourth-order valence-corrected chi connectivity index (χ4v) is 4.51. The fourth-order valence-electron chi connectivity index (χ4n) is 4.51. The van der Waals surface area contributed by atoms with E-state index in [1.54, 1.807) is 11.0 Å². The van der Waals surface area contributed by atoms with Gasteiger partial charge < -0.3 is 20.4 Å². The van der Waals surface area contributed by atoms with Crippen molar-refractivity contribution in [2.75, 3.05) is 31.5 Å². The van der Waals surface area contributed by atoms with Gasteiger partial charge in [0.05, 0.1) is 5.39 Å². The number of nitrogens with one attached hydrogen (secondary N) is 1. The molecule has 27 heavy (non-hydrogen) atoms. The van der Waals surface area contributed by atoms with Crippen LogP contribution in [0.15, 0.2) is 16.5 Å². The molecular formula is C19H23N5O3. The third-order valence-electron chi connectivity index (χ3n) is 6.12. The van der Waals surface area contributed by atoms with Crippen LogP contribution in [0.2, 0.25) is 0 Å². The monoisotopic (exact) mass is 369 g/mol. The van der Waals surface area contributed by atoms with Crippen molar-refractivity contribution >= 4 is 28.7 Å². The lowest BCUT2D eigenvalue weighted by molar-refractivity contribution is 0.0977. The molecule has 3 amide bonds. The third-order valence-corrected chi connectivity index (χ3v) is 6.12. The first kappa shape index (κ1) is 16.6. The molecule has 0 spiro atoms. The Morgan fingerprint density at radius 2 is 2.04 bits per heavy atom. The smallest absolute Gasteiger partial charge is 0.322 e. The molecule has 3 aliphatic rings. The summed E-state index contributed by atoms with van der Waals surface area (Å²) in [5.74, 6) is 0.988. The van der Waals surface area contributed by atoms with Crippen LogP contribution in [-0.4, -0.2) is 58.9 Å². The molecule has 2 saturated heterocycles. The predicted octanol–water partition coefficient (Wildman–Crippen LogP) is 1.79. The molecule has 3 fully saturated rings. The lowest BCUT2D eigenvalue weighted by Gasteiger charge is -2.25. The highest BCUT2D eigenvalue weighted by molar-refractivity contribution is 6.09. The highest BCUT2D eigenvalue weighted by atomic mass is 16.4. The second-order valence-corrected chi connectivity index (χ2v) is 8.00. The van der Waals surface area contributed by atoms with Gasteiger partial charge in [-0.15, -0.1) is 0 Å². The van der Waals surface area contributed by atoms with Crippen molar-refractivity contribution in [3.63, 3.8) is 0 Å². The number of hydrogen-bond donors (Lipinski definition) is 2. The summed E-state index contributed by atoms with van der Waals surface area (Å²) in [6.45, 7) is 5.60. The van der Waals surface area contributed by atoms with Gasteiger partial charge in [-0.25, -0.2) is 9.78 Å². The van der Waals surface area contributed by atoms with Crippen LogP contribution in [0.4, 0.5) is 10.5 Å². The Bertz CT molecular complexity index is 929. The van der Waals surface area contributed by atoms with Gasteiger partial charge in [-0.05, 0) is 43.7 Å². The first-order valence-corrected chi connectivity index (χ1v) is 9.49. The zero-order valence-electron chi connectivity index (χ0n) is 15.3. The van der Waals surface area contributed by atoms with Crippen molar-refractivity contribution in [2.24, 2.45) is 17.6 Å². The van der Waals surface area contributed by atoms with Crippen LogP contribution >= 0.6 is 0 Å². The number of anilines is 1. The molecular weight excluding hydrogens is 346 g/mol. The Labute approximate surface area is 156 Å². The molecule has 2 unspecified atom stereocenters. The first-order chi connectivity index (χ1) is 13.0. The normalized spacial score (nSPS) is 27.1. The molecule has 1 aliphatic carbocycles. The van der Waals surface area contributed by atoms with Gasteiger partial charge in [0.2, 0.25) is 11.5 Å². The van der Waals surface area contributed by atoms with Gasteiger partial charge in [-0.2, -0.15) is 0 Å². The average molecular weight is 369 g/mol. The zero-order chi connectivity index (χ0) is 18.7. The summed E-state index contributed by atoms with van der Waals surface area (Å²) < 4.78 is 5.50. The summed E-state index contributed by atoms with van der Waals surface area (Å²) in [6.07, 6.45) is 2.37. The minimum Gasteiger partial charge on any atom is -0.430 e. The van der Waals surface area contributed by atoms with E-state index in [0.717, 1.165) is 24.0 Å². The summed E-state index contributed by atoms with van der Waals surface area (Å²) in [4.78, 5) is 33.2. The van der Waals surface area contributed by atoms with E-state index >= 15 is 0 Å². The molecule has 3 atom stereocenters. The summed E-state index contributed by atoms with van der Waals surface area (Å²) in [5, 5.41) is 3.42. The van der Waals surface area contributed by atoms with Crippen LogP contribution < -0.4 is 11.1 Å². The van der Waals surface area contributed by atoms with E-state index in [-0.39, 0.29) is 11.8 Å². The molecule has 2 aliphatic heterocycles. The number of nitrogens with zero attached hydrogens (tertiary/aromatic N) is 3. The Morgan fingerprint density at radius 3 is 2.78 bits per heavy atom. The summed E-state index contributed by atoms with van der Waals surface area (Å²) >= 11 is 0. The van der Waals surface area contributed by atoms with Crippen molar-refractivity contribution in [1.82, 2.24) is 14.8 Å². The molecule has 0 aromatic carbocycles. The second-order valence-electron chi connectivity index (χ2n) is 8.00. The molecule has 3 N–H and O–H groups in total. The van der Waals surface area contributed by atoms with Gasteiger partial charge in [-0.1, -0.05) is 0 Å². The highest BCUT2D eigenvalue weighted by Crippen LogP contribution is 2.46. The number of aryl methyl sites for hydroxylation is 1. The Hall–Kier alpha value is -2.61. The number of furan rings is 1. The zero-order valence-corrected chi connectivity index (χ0v) is 15.3. The molecule has 5 rings (SSSR count). The molecule has 8 nitrogen and oxygen atoms in total. The lowest BCUT2D eigenvalue weighted by Crippen LogP contribution is -2.39. The van der Waals surface area contributed by atoms with E-state index in [1.165, 1.54) is 19.5 Å². The van der Waals surface area contributed by atoms with Gasteiger partial charge in [0, 0.05) is 37.9 Å². The van der Waals surface area contributed by atoms with Crippen molar-refractivity contribution in [1.29, 1.82) is 0 Å². The number of primary amides is 1. The highest BCUT2D eigenvalue weighted by Gasteiger charge is 2.47. The number of likely N-dealkylation sites (tertiary alicyclic amines) is 2. The number of carbonyl (C=O) groups excluding carboxylic acids is 2. The van der Waals surface area contributed by atoms with Crippen molar-refractivity contribution in [3.8, 4) is 0 Å². The standard InChI is InChI=1S/C19H23N5O3/c1-10-2-3-14-15(16(17(20)25)27-18(14)21-10)22-19(26)23-5-4-13(9-23)24-7-11-6-12(11)8-24/h2-3,11-13H,4-9H2,1H3,(H2,20,25)(H,22,26)/t11?,12?,13-/m1/s1. The molecule has 142 valence electrons. The molecule has 0 radical (unpaired) electrons. The second kappa shape index (κ2) is 5.95. The molecule has 1 saturated carbocycles. The van der Waals surface area contributed by atoms with Crippen LogP contribution in [0.3, 0.4) is 0 Å². The van der Waals surface area contributed by atoms with E-state index < -0.39 is 5.91 Å². The Morgan fingerprint density at radius 1 is 1.26 bits per heavy atom. The van der Waals surface area contributed by atoms with Crippen LogP contribution in [0.25, 0.3) is 11.1 Å². The molecule has 4 heterocycles. The SMILES string of the molecule is Cc1ccc2c(NC(=O)N3CC[C@@H](N4CC5CC5C4)C3)c(C(N)=O)oc2n1. The number of rotatable bonds is 3. The minimum atomic E-state index is -0.725. The average Bonchev–Trinajstić information content (AvgIpc) is 3.05. The van der Waals surface area contributed by atoms with Crippen LogP contribution in [0.1, 0.15) is 29.1 Å². The lowest BCUT2D eigenvalue weighted by atomic mass is 10.2. The van der Waals surface area contributed by atoms with Crippen LogP contribution in [0, 0.1) is 18.8 Å². The van der Waals surface area contributed by atoms with E-state index in [4.69, 9.17) is 10.2 Å². The maximum Gasteiger partial charge on any atom is 0.322 e. The molecule has 8 heteroatoms. The molecule has 0 bridgehead atoms. The largest absolute Gasteiger partial charge is 0.430 e. The maximum atomic E-state index is 12.8. The predicted molar refractivity (Wildman–Crippen MR) is 99.4 cm³/mol. The van der Waals surface area contributed by atoms with E-state index in [1.807, 2.05) is 13.0 Å². The van der Waals surface area contributed by atoms with Gasteiger partial charge in [0.25, 0.3) is 5.91 Å². The number of amides is 3. The number of piperidine rings is 1. The van der Waals surface area contributed by atoms with Crippen molar-refractivity contribution in [3.05, 3.63) is 23.6 Å². The summed E-state index contributed by atoms with van der Waals surface area (Å²) in [7, 11) is 0. The van der Waals surface area contributed by atoms with Crippen LogP contribution in [-0.2, 0) is 0 Å². The minimum absolute atomic E-state index is 0.0631. The van der Waals surface area contributed by atoms with Crippen LogP contribution in [0.5, 0.6) is 0 Å². The van der Waals surface area contributed by atoms with E-state index in [2.05, 4.69) is 15.2 Å². The number of nitrogens with two attached hydrogens (primary N) is 1. The van der Waals surface area contributed by atoms with Crippen molar-refractivity contribution in [2.45, 2.75) is 25.8 Å². The number of hydrogen-bond acceptors (Lipinski definition) is 5. The fraction of sp³-hybridized carbons (Fsp3) is 0.526. The number of urea groups is 1. The quantitative estimate of drug-likeness (QED) is 0.858. The molecule has 2 aromatic rings. The van der Waals surface area contributed by atoms with Crippen molar-refractivity contribution < 1.29 is 14.0 Å². The maximum absolute atomic E-state index is 12.8. The Kier molecular flexibility index (Phi) is 3.65. The van der Waals surface area contributed by atoms with E-state index in [9.17, 15) is 9.59 Å². The number of fused-ring (bicyclic) bond motifs is 2. The topological polar surface area (TPSA) is 105 Å². The van der Waals surface area contributed by atoms with Gasteiger partial charge in [0.1, 0.15) is 5.69 Å². The summed E-state index contributed by atoms with van der Waals surface area (Å²) in [6, 6.07) is 3.80. The number of carbonyl (C=O) groups is 2. The van der Waals surface area contributed by atoms with Gasteiger partial charge in [-0.3, -0.25) is 9.69 Å². The van der Waals surface area contributed by atoms with Gasteiger partial charge in [0.15, 0.2) is 0 Å². The molecule has 2 aromatic heterocycles. The number of aromatic nitrogens is 1.